The number of methoxy groups -OCH3 is 1. The summed E-state index contributed by atoms with van der Waals surface area (Å²) >= 11 is 1.26. The summed E-state index contributed by atoms with van der Waals surface area (Å²) < 4.78 is 16.5. The first-order valence-electron chi connectivity index (χ1n) is 14.2. The molecule has 1 saturated carbocycles. The fourth-order valence-corrected chi connectivity index (χ4v) is 6.42. The molecule has 2 aromatic carbocycles. The van der Waals surface area contributed by atoms with E-state index in [9.17, 15) is 14.4 Å². The smallest absolute Gasteiger partial charge is 0.350 e. The van der Waals surface area contributed by atoms with Crippen molar-refractivity contribution in [2.75, 3.05) is 44.9 Å². The van der Waals surface area contributed by atoms with E-state index in [0.717, 1.165) is 41.9 Å². The number of hydrogen-bond acceptors (Lipinski definition) is 7. The maximum Gasteiger partial charge on any atom is 0.350 e. The number of carbonyl (C=O) groups excluding carboxylic acids is 3. The minimum Gasteiger partial charge on any atom is -0.465 e. The zero-order valence-electron chi connectivity index (χ0n) is 23.5. The summed E-state index contributed by atoms with van der Waals surface area (Å²) in [5.41, 5.74) is 1.29. The lowest BCUT2D eigenvalue weighted by molar-refractivity contribution is -0.135. The standard InChI is InChI=1S/C32H36N2O6S/c1-22-8-10-24(11-9-22)31(36)34(21-29(35)33-16-18-39-19-17-33)27-20-28(41-30(27)32(37)38-2)23-12-14-26(15-13-23)40-25-6-4-3-5-7-25/h3-7,12-15,20,22,24H,8-11,16-19,21H2,1-2H3. The van der Waals surface area contributed by atoms with E-state index in [1.807, 2.05) is 60.7 Å². The van der Waals surface area contributed by atoms with Crippen molar-refractivity contribution in [3.63, 3.8) is 0 Å². The zero-order valence-corrected chi connectivity index (χ0v) is 24.4. The van der Waals surface area contributed by atoms with E-state index in [1.165, 1.54) is 23.3 Å². The number of benzene rings is 2. The summed E-state index contributed by atoms with van der Waals surface area (Å²) in [5.74, 6) is 1.01. The van der Waals surface area contributed by atoms with Crippen LogP contribution in [-0.4, -0.2) is 62.6 Å². The molecule has 8 nitrogen and oxygen atoms in total. The fraction of sp³-hybridized carbons (Fsp3) is 0.406. The van der Waals surface area contributed by atoms with Crippen molar-refractivity contribution in [2.24, 2.45) is 11.8 Å². The first-order chi connectivity index (χ1) is 19.9. The first kappa shape index (κ1) is 28.8. The number of hydrogen-bond donors (Lipinski definition) is 0. The molecule has 1 aliphatic heterocycles. The van der Waals surface area contributed by atoms with Crippen molar-refractivity contribution < 1.29 is 28.6 Å². The van der Waals surface area contributed by atoms with Crippen LogP contribution in [0.2, 0.25) is 0 Å². The summed E-state index contributed by atoms with van der Waals surface area (Å²) in [6, 6.07) is 18.9. The Kier molecular flexibility index (Phi) is 9.36. The van der Waals surface area contributed by atoms with Crippen LogP contribution in [0.15, 0.2) is 60.7 Å². The Labute approximate surface area is 244 Å². The van der Waals surface area contributed by atoms with E-state index in [1.54, 1.807) is 4.90 Å². The van der Waals surface area contributed by atoms with Gasteiger partial charge < -0.3 is 24.0 Å². The summed E-state index contributed by atoms with van der Waals surface area (Å²) in [4.78, 5) is 44.7. The quantitative estimate of drug-likeness (QED) is 0.305. The first-order valence-corrected chi connectivity index (χ1v) is 15.0. The van der Waals surface area contributed by atoms with Gasteiger partial charge in [-0.1, -0.05) is 25.1 Å². The molecule has 5 rings (SSSR count). The molecular weight excluding hydrogens is 540 g/mol. The maximum absolute atomic E-state index is 14.0. The number of thiophene rings is 1. The third-order valence-corrected chi connectivity index (χ3v) is 8.93. The Hall–Kier alpha value is -3.69. The third kappa shape index (κ3) is 6.97. The zero-order chi connectivity index (χ0) is 28.8. The molecule has 1 saturated heterocycles. The van der Waals surface area contributed by atoms with E-state index < -0.39 is 5.97 Å². The molecule has 1 aliphatic carbocycles. The Balaban J connectivity index is 1.46. The minimum atomic E-state index is -0.533. The van der Waals surface area contributed by atoms with Crippen molar-refractivity contribution >= 4 is 34.8 Å². The van der Waals surface area contributed by atoms with Crippen LogP contribution < -0.4 is 9.64 Å². The van der Waals surface area contributed by atoms with Crippen molar-refractivity contribution in [1.82, 2.24) is 4.90 Å². The van der Waals surface area contributed by atoms with Crippen LogP contribution in [0.5, 0.6) is 11.5 Å². The molecule has 0 bridgehead atoms. The predicted molar refractivity (Wildman–Crippen MR) is 158 cm³/mol. The van der Waals surface area contributed by atoms with Gasteiger partial charge >= 0.3 is 5.97 Å². The number of esters is 1. The number of rotatable bonds is 8. The highest BCUT2D eigenvalue weighted by Gasteiger charge is 2.34. The highest BCUT2D eigenvalue weighted by atomic mass is 32.1. The minimum absolute atomic E-state index is 0.111. The largest absolute Gasteiger partial charge is 0.465 e. The topological polar surface area (TPSA) is 85.4 Å². The van der Waals surface area contributed by atoms with E-state index in [-0.39, 0.29) is 24.3 Å². The molecule has 2 aliphatic rings. The molecule has 9 heteroatoms. The van der Waals surface area contributed by atoms with Gasteiger partial charge in [-0.25, -0.2) is 4.79 Å². The maximum atomic E-state index is 14.0. The molecule has 0 radical (unpaired) electrons. The van der Waals surface area contributed by atoms with E-state index in [2.05, 4.69) is 6.92 Å². The van der Waals surface area contributed by atoms with E-state index in [0.29, 0.717) is 48.5 Å². The van der Waals surface area contributed by atoms with Crippen molar-refractivity contribution in [3.8, 4) is 21.9 Å². The second-order valence-electron chi connectivity index (χ2n) is 10.6. The van der Waals surface area contributed by atoms with Gasteiger partial charge in [-0.05, 0) is 79.6 Å². The van der Waals surface area contributed by atoms with Gasteiger partial charge in [-0.15, -0.1) is 11.3 Å². The SMILES string of the molecule is COC(=O)c1sc(-c2ccc(Oc3ccccc3)cc2)cc1N(CC(=O)N1CCOCC1)C(=O)C1CCC(C)CC1. The molecule has 2 heterocycles. The Morgan fingerprint density at radius 1 is 0.951 bits per heavy atom. The average Bonchev–Trinajstić information content (AvgIpc) is 3.46. The average molecular weight is 577 g/mol. The number of para-hydroxylation sites is 1. The van der Waals surface area contributed by atoms with Crippen LogP contribution in [-0.2, 0) is 19.1 Å². The summed E-state index contributed by atoms with van der Waals surface area (Å²) in [7, 11) is 1.33. The van der Waals surface area contributed by atoms with Gasteiger partial charge in [0.1, 0.15) is 22.9 Å². The lowest BCUT2D eigenvalue weighted by Crippen LogP contribution is -2.49. The van der Waals surface area contributed by atoms with Crippen LogP contribution in [0.1, 0.15) is 42.3 Å². The second-order valence-corrected chi connectivity index (χ2v) is 11.7. The summed E-state index contributed by atoms with van der Waals surface area (Å²) in [6.45, 7) is 3.99. The van der Waals surface area contributed by atoms with Gasteiger partial charge in [0.25, 0.3) is 0 Å². The van der Waals surface area contributed by atoms with Crippen LogP contribution in [0.3, 0.4) is 0 Å². The number of morpholine rings is 1. The third-order valence-electron chi connectivity index (χ3n) is 7.78. The van der Waals surface area contributed by atoms with Crippen LogP contribution in [0.25, 0.3) is 10.4 Å². The lowest BCUT2D eigenvalue weighted by Gasteiger charge is -2.33. The molecule has 0 atom stereocenters. The number of nitrogens with zero attached hydrogens (tertiary/aromatic N) is 2. The highest BCUT2D eigenvalue weighted by Crippen LogP contribution is 2.40. The Bertz CT molecular complexity index is 1340. The van der Waals surface area contributed by atoms with Gasteiger partial charge in [0.2, 0.25) is 11.8 Å². The number of anilines is 1. The van der Waals surface area contributed by atoms with E-state index >= 15 is 0 Å². The van der Waals surface area contributed by atoms with E-state index in [4.69, 9.17) is 14.2 Å². The number of carbonyl (C=O) groups is 3. The van der Waals surface area contributed by atoms with Crippen molar-refractivity contribution in [1.29, 1.82) is 0 Å². The molecule has 3 aromatic rings. The molecule has 41 heavy (non-hydrogen) atoms. The van der Waals surface area contributed by atoms with Crippen molar-refractivity contribution in [2.45, 2.75) is 32.6 Å². The molecule has 0 N–H and O–H groups in total. The van der Waals surface area contributed by atoms with Crippen LogP contribution in [0.4, 0.5) is 5.69 Å². The number of ether oxygens (including phenoxy) is 3. The molecule has 2 fully saturated rings. The monoisotopic (exact) mass is 576 g/mol. The van der Waals surface area contributed by atoms with Crippen LogP contribution >= 0.6 is 11.3 Å². The lowest BCUT2D eigenvalue weighted by atomic mass is 9.82. The van der Waals surface area contributed by atoms with Gasteiger partial charge in [-0.2, -0.15) is 0 Å². The predicted octanol–water partition coefficient (Wildman–Crippen LogP) is 6.01. The normalized spacial score (nSPS) is 18.9. The molecule has 1 aromatic heterocycles. The highest BCUT2D eigenvalue weighted by molar-refractivity contribution is 7.18. The van der Waals surface area contributed by atoms with Gasteiger partial charge in [0.15, 0.2) is 0 Å². The van der Waals surface area contributed by atoms with Crippen LogP contribution in [0, 0.1) is 11.8 Å². The fourth-order valence-electron chi connectivity index (χ4n) is 5.33. The number of amides is 2. The Morgan fingerprint density at radius 3 is 2.27 bits per heavy atom. The molecular formula is C32H36N2O6S. The molecule has 2 amide bonds. The Morgan fingerprint density at radius 2 is 1.61 bits per heavy atom. The summed E-state index contributed by atoms with van der Waals surface area (Å²) in [5, 5.41) is 0. The molecule has 0 unspecified atom stereocenters. The summed E-state index contributed by atoms with van der Waals surface area (Å²) in [6.07, 6.45) is 3.49. The van der Waals surface area contributed by atoms with Gasteiger partial charge in [0, 0.05) is 23.9 Å². The van der Waals surface area contributed by atoms with Gasteiger partial charge in [-0.3, -0.25) is 9.59 Å². The molecule has 0 spiro atoms. The molecule has 216 valence electrons. The van der Waals surface area contributed by atoms with Crippen molar-refractivity contribution in [3.05, 3.63) is 65.5 Å². The second kappa shape index (κ2) is 13.3. The van der Waals surface area contributed by atoms with Gasteiger partial charge in [0.05, 0.1) is 26.0 Å².